The normalized spacial score (nSPS) is 10.4. The molecule has 18 heavy (non-hydrogen) atoms. The summed E-state index contributed by atoms with van der Waals surface area (Å²) in [5.74, 6) is -0.861. The summed E-state index contributed by atoms with van der Waals surface area (Å²) in [6.45, 7) is 3.67. The first-order chi connectivity index (χ1) is 8.49. The van der Waals surface area contributed by atoms with Crippen LogP contribution < -0.4 is 0 Å². The van der Waals surface area contributed by atoms with Gasteiger partial charge in [0.25, 0.3) is 0 Å². The van der Waals surface area contributed by atoms with Crippen LogP contribution in [0.2, 0.25) is 5.02 Å². The lowest BCUT2D eigenvalue weighted by atomic mass is 10.0. The van der Waals surface area contributed by atoms with E-state index in [1.165, 1.54) is 6.07 Å². The van der Waals surface area contributed by atoms with Gasteiger partial charge in [0.15, 0.2) is 5.78 Å². The van der Waals surface area contributed by atoms with Gasteiger partial charge < -0.3 is 0 Å². The third-order valence-electron chi connectivity index (χ3n) is 2.80. The topological polar surface area (TPSA) is 17.1 Å². The number of carbonyl (C=O) groups is 1. The van der Waals surface area contributed by atoms with Crippen molar-refractivity contribution in [3.8, 4) is 0 Å². The van der Waals surface area contributed by atoms with E-state index in [1.54, 1.807) is 30.3 Å². The van der Waals surface area contributed by atoms with Crippen molar-refractivity contribution in [2.45, 2.75) is 13.8 Å². The summed E-state index contributed by atoms with van der Waals surface area (Å²) >= 11 is 5.97. The van der Waals surface area contributed by atoms with Gasteiger partial charge in [-0.2, -0.15) is 0 Å². The minimum absolute atomic E-state index is 0.0786. The van der Waals surface area contributed by atoms with Gasteiger partial charge in [0.2, 0.25) is 0 Å². The molecule has 0 radical (unpaired) electrons. The van der Waals surface area contributed by atoms with E-state index in [4.69, 9.17) is 11.6 Å². The molecular weight excluding hydrogens is 251 g/mol. The maximum Gasteiger partial charge on any atom is 0.196 e. The average Bonchev–Trinajstić information content (AvgIpc) is 2.35. The molecule has 92 valence electrons. The third kappa shape index (κ3) is 2.44. The summed E-state index contributed by atoms with van der Waals surface area (Å²) < 4.78 is 13.6. The highest BCUT2D eigenvalue weighted by atomic mass is 35.5. The Kier molecular flexibility index (Phi) is 3.48. The second kappa shape index (κ2) is 4.91. The fourth-order valence-corrected chi connectivity index (χ4v) is 1.88. The summed E-state index contributed by atoms with van der Waals surface area (Å²) in [7, 11) is 0. The van der Waals surface area contributed by atoms with Crippen LogP contribution in [0, 0.1) is 19.7 Å². The summed E-state index contributed by atoms with van der Waals surface area (Å²) in [5.41, 5.74) is 2.21. The van der Waals surface area contributed by atoms with Crippen LogP contribution in [0.3, 0.4) is 0 Å². The van der Waals surface area contributed by atoms with Gasteiger partial charge in [-0.05, 0) is 37.6 Å². The van der Waals surface area contributed by atoms with Gasteiger partial charge in [-0.15, -0.1) is 0 Å². The van der Waals surface area contributed by atoms with E-state index < -0.39 is 5.82 Å². The third-order valence-corrected chi connectivity index (χ3v) is 3.21. The maximum absolute atomic E-state index is 13.6. The van der Waals surface area contributed by atoms with Crippen molar-refractivity contribution in [2.75, 3.05) is 0 Å². The molecular formula is C15H12ClFO. The maximum atomic E-state index is 13.6. The van der Waals surface area contributed by atoms with Crippen LogP contribution in [-0.4, -0.2) is 5.78 Å². The fourth-order valence-electron chi connectivity index (χ4n) is 1.70. The molecule has 2 rings (SSSR count). The van der Waals surface area contributed by atoms with Crippen molar-refractivity contribution in [1.82, 2.24) is 0 Å². The van der Waals surface area contributed by atoms with Crippen molar-refractivity contribution in [2.24, 2.45) is 0 Å². The fraction of sp³-hybridized carbons (Fsp3) is 0.133. The Balaban J connectivity index is 2.47. The van der Waals surface area contributed by atoms with Crippen LogP contribution in [0.15, 0.2) is 36.4 Å². The van der Waals surface area contributed by atoms with Crippen LogP contribution >= 0.6 is 11.6 Å². The molecule has 0 heterocycles. The molecule has 0 N–H and O–H groups in total. The largest absolute Gasteiger partial charge is 0.288 e. The zero-order valence-corrected chi connectivity index (χ0v) is 10.9. The molecule has 0 saturated carbocycles. The number of carbonyl (C=O) groups excluding carboxylic acids is 1. The lowest BCUT2D eigenvalue weighted by Crippen LogP contribution is -2.05. The smallest absolute Gasteiger partial charge is 0.196 e. The zero-order chi connectivity index (χ0) is 13.3. The van der Waals surface area contributed by atoms with E-state index in [-0.39, 0.29) is 11.3 Å². The number of rotatable bonds is 2. The molecule has 0 aliphatic carbocycles. The Morgan fingerprint density at radius 1 is 1.11 bits per heavy atom. The van der Waals surface area contributed by atoms with Crippen LogP contribution in [0.1, 0.15) is 27.0 Å². The molecule has 0 saturated heterocycles. The Morgan fingerprint density at radius 3 is 2.50 bits per heavy atom. The molecule has 1 nitrogen and oxygen atoms in total. The van der Waals surface area contributed by atoms with Crippen molar-refractivity contribution in [1.29, 1.82) is 0 Å². The molecule has 0 amide bonds. The molecule has 0 bridgehead atoms. The summed E-state index contributed by atoms with van der Waals surface area (Å²) in [4.78, 5) is 12.2. The molecule has 0 fully saturated rings. The molecule has 0 atom stereocenters. The monoisotopic (exact) mass is 262 g/mol. The second-order valence-corrected chi connectivity index (χ2v) is 4.68. The Hall–Kier alpha value is -1.67. The molecule has 3 heteroatoms. The van der Waals surface area contributed by atoms with Crippen molar-refractivity contribution in [3.05, 3.63) is 69.5 Å². The molecule has 0 spiro atoms. The van der Waals surface area contributed by atoms with Gasteiger partial charge in [0, 0.05) is 10.6 Å². The minimum Gasteiger partial charge on any atom is -0.288 e. The molecule has 0 aromatic heterocycles. The molecule has 0 unspecified atom stereocenters. The molecule has 2 aromatic carbocycles. The highest BCUT2D eigenvalue weighted by molar-refractivity contribution is 6.31. The summed E-state index contributed by atoms with van der Waals surface area (Å²) in [5, 5.41) is 0.508. The molecule has 0 aliphatic heterocycles. The first kappa shape index (κ1) is 12.8. The standard InChI is InChI=1S/C15H12ClFO/c1-9-3-6-14(17)12(7-9)15(18)11-5-4-10(2)13(16)8-11/h3-8H,1-2H3. The number of halogens is 2. The number of hydrogen-bond donors (Lipinski definition) is 0. The van der Waals surface area contributed by atoms with Gasteiger partial charge in [-0.25, -0.2) is 4.39 Å². The lowest BCUT2D eigenvalue weighted by Gasteiger charge is -2.05. The Morgan fingerprint density at radius 2 is 1.83 bits per heavy atom. The highest BCUT2D eigenvalue weighted by Gasteiger charge is 2.14. The van der Waals surface area contributed by atoms with Crippen LogP contribution in [0.5, 0.6) is 0 Å². The first-order valence-electron chi connectivity index (χ1n) is 5.56. The molecule has 2 aromatic rings. The van der Waals surface area contributed by atoms with E-state index in [9.17, 15) is 9.18 Å². The number of ketones is 1. The van der Waals surface area contributed by atoms with E-state index in [0.717, 1.165) is 11.1 Å². The van der Waals surface area contributed by atoms with Gasteiger partial charge >= 0.3 is 0 Å². The van der Waals surface area contributed by atoms with Gasteiger partial charge in [-0.1, -0.05) is 35.4 Å². The number of hydrogen-bond acceptors (Lipinski definition) is 1. The Labute approximate surface area is 110 Å². The number of aryl methyl sites for hydroxylation is 2. The first-order valence-corrected chi connectivity index (χ1v) is 5.94. The van der Waals surface area contributed by atoms with E-state index in [2.05, 4.69) is 0 Å². The predicted octanol–water partition coefficient (Wildman–Crippen LogP) is 4.33. The minimum atomic E-state index is -0.512. The molecule has 0 aliphatic rings. The Bertz CT molecular complexity index is 620. The van der Waals surface area contributed by atoms with Gasteiger partial charge in [0.1, 0.15) is 5.82 Å². The predicted molar refractivity (Wildman–Crippen MR) is 70.8 cm³/mol. The zero-order valence-electron chi connectivity index (χ0n) is 10.1. The van der Waals surface area contributed by atoms with Gasteiger partial charge in [-0.3, -0.25) is 4.79 Å². The summed E-state index contributed by atoms with van der Waals surface area (Å²) in [6.07, 6.45) is 0. The van der Waals surface area contributed by atoms with Crippen LogP contribution in [-0.2, 0) is 0 Å². The highest BCUT2D eigenvalue weighted by Crippen LogP contribution is 2.20. The van der Waals surface area contributed by atoms with Crippen molar-refractivity contribution in [3.63, 3.8) is 0 Å². The summed E-state index contributed by atoms with van der Waals surface area (Å²) in [6, 6.07) is 9.47. The van der Waals surface area contributed by atoms with Crippen molar-refractivity contribution >= 4 is 17.4 Å². The average molecular weight is 263 g/mol. The lowest BCUT2D eigenvalue weighted by molar-refractivity contribution is 0.103. The number of benzene rings is 2. The van der Waals surface area contributed by atoms with Gasteiger partial charge in [0.05, 0.1) is 5.56 Å². The van der Waals surface area contributed by atoms with Crippen LogP contribution in [0.4, 0.5) is 4.39 Å². The second-order valence-electron chi connectivity index (χ2n) is 4.28. The van der Waals surface area contributed by atoms with E-state index in [0.29, 0.717) is 10.6 Å². The van der Waals surface area contributed by atoms with Crippen molar-refractivity contribution < 1.29 is 9.18 Å². The SMILES string of the molecule is Cc1ccc(F)c(C(=O)c2ccc(C)c(Cl)c2)c1. The van der Waals surface area contributed by atoms with Crippen LogP contribution in [0.25, 0.3) is 0 Å². The van der Waals surface area contributed by atoms with E-state index in [1.807, 2.05) is 13.8 Å². The quantitative estimate of drug-likeness (QED) is 0.737. The van der Waals surface area contributed by atoms with E-state index >= 15 is 0 Å².